The number of aryl methyl sites for hydroxylation is 1. The summed E-state index contributed by atoms with van der Waals surface area (Å²) in [5.74, 6) is 1.10. The van der Waals surface area contributed by atoms with Gasteiger partial charge in [0, 0.05) is 57.8 Å². The Labute approximate surface area is 170 Å². The van der Waals surface area contributed by atoms with Gasteiger partial charge in [-0.15, -0.1) is 0 Å². The van der Waals surface area contributed by atoms with E-state index in [1.54, 1.807) is 7.05 Å². The number of sulfonamides is 1. The summed E-state index contributed by atoms with van der Waals surface area (Å²) in [6.45, 7) is 3.81. The highest BCUT2D eigenvalue weighted by Gasteiger charge is 2.54. The molecule has 0 spiro atoms. The smallest absolute Gasteiger partial charge is 0.246 e. The zero-order valence-electron chi connectivity index (χ0n) is 16.5. The van der Waals surface area contributed by atoms with Crippen LogP contribution in [0.3, 0.4) is 0 Å². The molecule has 2 fully saturated rings. The predicted molar refractivity (Wildman–Crippen MR) is 106 cm³/mol. The Morgan fingerprint density at radius 2 is 2.17 bits per heavy atom. The molecular formula is C20H26N4O4S. The summed E-state index contributed by atoms with van der Waals surface area (Å²) in [4.78, 5) is 2.55. The number of hydrogen-bond acceptors (Lipinski definition) is 6. The molecule has 2 aromatic rings. The van der Waals surface area contributed by atoms with Crippen LogP contribution in [0.5, 0.6) is 5.75 Å². The van der Waals surface area contributed by atoms with Gasteiger partial charge in [-0.25, -0.2) is 8.42 Å². The Kier molecular flexibility index (Phi) is 4.47. The summed E-state index contributed by atoms with van der Waals surface area (Å²) in [6, 6.07) is 6.35. The lowest BCUT2D eigenvalue weighted by molar-refractivity contribution is 0.119. The second kappa shape index (κ2) is 6.80. The third-order valence-corrected chi connectivity index (χ3v) is 8.36. The number of aliphatic hydroxyl groups excluding tert-OH is 1. The van der Waals surface area contributed by atoms with Crippen LogP contribution in [0.15, 0.2) is 35.5 Å². The molecule has 2 unspecified atom stereocenters. The topological polar surface area (TPSA) is 87.9 Å². The van der Waals surface area contributed by atoms with Gasteiger partial charge in [0.2, 0.25) is 10.0 Å². The van der Waals surface area contributed by atoms with Gasteiger partial charge < -0.3 is 9.84 Å². The summed E-state index contributed by atoms with van der Waals surface area (Å²) >= 11 is 0. The standard InChI is InChI=1S/C20H26N4O4S/c1-22-11-18(7-21-22)29(26,27)24-10-17-9-23(12-20(17,13-24)14-25)8-15-2-3-19-16(6-15)4-5-28-19/h2-3,6-7,11,17,25H,4-5,8-10,12-14H2,1H3. The molecule has 0 radical (unpaired) electrons. The fraction of sp³-hybridized carbons (Fsp3) is 0.550. The minimum Gasteiger partial charge on any atom is -0.493 e. The number of likely N-dealkylation sites (tertiary alicyclic amines) is 1. The second-order valence-corrected chi connectivity index (χ2v) is 10.5. The third-order valence-electron chi connectivity index (χ3n) is 6.59. The predicted octanol–water partition coefficient (Wildman–Crippen LogP) is 0.470. The summed E-state index contributed by atoms with van der Waals surface area (Å²) in [7, 11) is -1.88. The molecule has 9 heteroatoms. The van der Waals surface area contributed by atoms with Gasteiger partial charge in [-0.2, -0.15) is 9.40 Å². The minimum absolute atomic E-state index is 0.00868. The maximum atomic E-state index is 13.0. The molecule has 1 N–H and O–H groups in total. The average Bonchev–Trinajstić information content (AvgIpc) is 3.43. The first-order valence-corrected chi connectivity index (χ1v) is 11.4. The van der Waals surface area contributed by atoms with Crippen LogP contribution in [0.2, 0.25) is 0 Å². The highest BCUT2D eigenvalue weighted by Crippen LogP contribution is 2.44. The lowest BCUT2D eigenvalue weighted by Crippen LogP contribution is -2.38. The Bertz CT molecular complexity index is 1040. The van der Waals surface area contributed by atoms with Gasteiger partial charge in [-0.1, -0.05) is 12.1 Å². The summed E-state index contributed by atoms with van der Waals surface area (Å²) in [6.07, 6.45) is 3.87. The number of aromatic nitrogens is 2. The minimum atomic E-state index is -3.58. The van der Waals surface area contributed by atoms with Gasteiger partial charge in [-0.05, 0) is 23.1 Å². The molecular weight excluding hydrogens is 392 g/mol. The molecule has 1 aromatic carbocycles. The van der Waals surface area contributed by atoms with Crippen molar-refractivity contribution in [1.29, 1.82) is 0 Å². The van der Waals surface area contributed by atoms with Crippen molar-refractivity contribution < 1.29 is 18.3 Å². The molecule has 29 heavy (non-hydrogen) atoms. The highest BCUT2D eigenvalue weighted by atomic mass is 32.2. The van der Waals surface area contributed by atoms with Crippen LogP contribution in [-0.4, -0.2) is 71.9 Å². The van der Waals surface area contributed by atoms with Crippen molar-refractivity contribution >= 4 is 10.0 Å². The number of nitrogens with zero attached hydrogens (tertiary/aromatic N) is 4. The van der Waals surface area contributed by atoms with Crippen LogP contribution >= 0.6 is 0 Å². The molecule has 0 saturated carbocycles. The quantitative estimate of drug-likeness (QED) is 0.760. The van der Waals surface area contributed by atoms with Crippen molar-refractivity contribution in [2.24, 2.45) is 18.4 Å². The molecule has 0 aliphatic carbocycles. The number of fused-ring (bicyclic) bond motifs is 2. The van der Waals surface area contributed by atoms with E-state index in [9.17, 15) is 13.5 Å². The van der Waals surface area contributed by atoms with Crippen molar-refractivity contribution in [1.82, 2.24) is 19.0 Å². The molecule has 0 amide bonds. The molecule has 0 bridgehead atoms. The lowest BCUT2D eigenvalue weighted by atomic mass is 9.82. The summed E-state index contributed by atoms with van der Waals surface area (Å²) in [5, 5.41) is 14.2. The SMILES string of the molecule is Cn1cc(S(=O)(=O)N2CC3CN(Cc4ccc5c(c4)CCO5)CC3(CO)C2)cn1. The maximum Gasteiger partial charge on any atom is 0.246 e. The van der Waals surface area contributed by atoms with Gasteiger partial charge in [0.15, 0.2) is 0 Å². The van der Waals surface area contributed by atoms with E-state index in [1.165, 1.54) is 32.5 Å². The number of aliphatic hydroxyl groups is 1. The number of benzene rings is 1. The van der Waals surface area contributed by atoms with Crippen LogP contribution in [0.4, 0.5) is 0 Å². The fourth-order valence-electron chi connectivity index (χ4n) is 5.05. The number of hydrogen-bond donors (Lipinski definition) is 1. The monoisotopic (exact) mass is 418 g/mol. The molecule has 5 rings (SSSR count). The van der Waals surface area contributed by atoms with Crippen LogP contribution in [0, 0.1) is 11.3 Å². The molecule has 1 aromatic heterocycles. The first-order chi connectivity index (χ1) is 13.9. The van der Waals surface area contributed by atoms with Crippen LogP contribution in [0.1, 0.15) is 11.1 Å². The van der Waals surface area contributed by atoms with Crippen molar-refractivity contribution in [2.45, 2.75) is 17.9 Å². The van der Waals surface area contributed by atoms with Crippen molar-refractivity contribution in [3.63, 3.8) is 0 Å². The van der Waals surface area contributed by atoms with Crippen molar-refractivity contribution in [3.8, 4) is 5.75 Å². The van der Waals surface area contributed by atoms with Crippen molar-refractivity contribution in [3.05, 3.63) is 41.7 Å². The van der Waals surface area contributed by atoms with Gasteiger partial charge in [-0.3, -0.25) is 9.58 Å². The van der Waals surface area contributed by atoms with Gasteiger partial charge in [0.05, 0.1) is 19.4 Å². The van der Waals surface area contributed by atoms with E-state index in [0.717, 1.165) is 31.9 Å². The van der Waals surface area contributed by atoms with Gasteiger partial charge in [0.25, 0.3) is 0 Å². The average molecular weight is 419 g/mol. The molecule has 4 heterocycles. The third kappa shape index (κ3) is 3.16. The van der Waals surface area contributed by atoms with Crippen LogP contribution in [0.25, 0.3) is 0 Å². The van der Waals surface area contributed by atoms with E-state index in [4.69, 9.17) is 4.74 Å². The zero-order chi connectivity index (χ0) is 20.2. The first kappa shape index (κ1) is 19.0. The van der Waals surface area contributed by atoms with Gasteiger partial charge >= 0.3 is 0 Å². The Morgan fingerprint density at radius 3 is 2.90 bits per heavy atom. The van der Waals surface area contributed by atoms with Crippen LogP contribution in [-0.2, 0) is 30.0 Å². The van der Waals surface area contributed by atoms with E-state index in [1.807, 2.05) is 6.07 Å². The van der Waals surface area contributed by atoms with E-state index >= 15 is 0 Å². The second-order valence-electron chi connectivity index (χ2n) is 8.57. The molecule has 8 nitrogen and oxygen atoms in total. The number of ether oxygens (including phenoxy) is 1. The summed E-state index contributed by atoms with van der Waals surface area (Å²) < 4.78 is 34.6. The Hall–Kier alpha value is -1.94. The Balaban J connectivity index is 1.31. The molecule has 2 saturated heterocycles. The largest absolute Gasteiger partial charge is 0.493 e. The lowest BCUT2D eigenvalue weighted by Gasteiger charge is -2.27. The fourth-order valence-corrected chi connectivity index (χ4v) is 6.61. The molecule has 156 valence electrons. The molecule has 3 aliphatic rings. The van der Waals surface area contributed by atoms with Gasteiger partial charge in [0.1, 0.15) is 10.6 Å². The van der Waals surface area contributed by atoms with E-state index in [-0.39, 0.29) is 17.4 Å². The molecule has 3 aliphatic heterocycles. The van der Waals surface area contributed by atoms with E-state index in [0.29, 0.717) is 19.6 Å². The first-order valence-electron chi connectivity index (χ1n) is 9.96. The Morgan fingerprint density at radius 1 is 1.31 bits per heavy atom. The van der Waals surface area contributed by atoms with E-state index < -0.39 is 15.4 Å². The highest BCUT2D eigenvalue weighted by molar-refractivity contribution is 7.89. The van der Waals surface area contributed by atoms with Crippen LogP contribution < -0.4 is 4.74 Å². The summed E-state index contributed by atoms with van der Waals surface area (Å²) in [5.41, 5.74) is 2.09. The van der Waals surface area contributed by atoms with Crippen molar-refractivity contribution in [2.75, 3.05) is 39.4 Å². The normalized spacial score (nSPS) is 27.2. The zero-order valence-corrected chi connectivity index (χ0v) is 17.3. The van der Waals surface area contributed by atoms with E-state index in [2.05, 4.69) is 22.1 Å². The number of rotatable bonds is 5. The molecule has 2 atom stereocenters. The maximum absolute atomic E-state index is 13.0.